The average Bonchev–Trinajstić information content (AvgIpc) is 2.24. The fraction of sp³-hybridized carbons (Fsp3) is 0.692. The van der Waals surface area contributed by atoms with Gasteiger partial charge in [0, 0.05) is 35.8 Å². The van der Waals surface area contributed by atoms with Gasteiger partial charge in [-0.3, -0.25) is 4.79 Å². The molecule has 1 aromatic heterocycles. The molecule has 0 aliphatic rings. The number of halogens is 1. The van der Waals surface area contributed by atoms with Crippen LogP contribution in [0.1, 0.15) is 34.6 Å². The molecule has 0 fully saturated rings. The highest BCUT2D eigenvalue weighted by molar-refractivity contribution is 9.09. The fourth-order valence-electron chi connectivity index (χ4n) is 1.83. The van der Waals surface area contributed by atoms with Gasteiger partial charge >= 0.3 is 0 Å². The van der Waals surface area contributed by atoms with E-state index >= 15 is 0 Å². The molecule has 1 aromatic rings. The second-order valence-electron chi connectivity index (χ2n) is 5.57. The van der Waals surface area contributed by atoms with Crippen LogP contribution in [0.25, 0.3) is 0 Å². The van der Waals surface area contributed by atoms with Crippen LogP contribution in [0.2, 0.25) is 0 Å². The lowest BCUT2D eigenvalue weighted by Gasteiger charge is -2.29. The number of hydrogen-bond donors (Lipinski definition) is 0. The third-order valence-corrected chi connectivity index (χ3v) is 3.12. The molecule has 5 heteroatoms. The van der Waals surface area contributed by atoms with E-state index < -0.39 is 0 Å². The molecule has 102 valence electrons. The van der Waals surface area contributed by atoms with E-state index in [2.05, 4.69) is 34.8 Å². The van der Waals surface area contributed by atoms with Crippen molar-refractivity contribution in [2.24, 2.45) is 0 Å². The lowest BCUT2D eigenvalue weighted by Crippen LogP contribution is -2.42. The van der Waals surface area contributed by atoms with Gasteiger partial charge in [0.05, 0.1) is 0 Å². The quantitative estimate of drug-likeness (QED) is 0.802. The predicted octanol–water partition coefficient (Wildman–Crippen LogP) is 2.61. The van der Waals surface area contributed by atoms with E-state index in [9.17, 15) is 4.79 Å². The summed E-state index contributed by atoms with van der Waals surface area (Å²) in [6.45, 7) is 11.0. The van der Waals surface area contributed by atoms with Gasteiger partial charge in [-0.1, -0.05) is 15.9 Å². The zero-order valence-corrected chi connectivity index (χ0v) is 13.4. The maximum Gasteiger partial charge on any atom is 0.293 e. The molecule has 0 aromatic carbocycles. The molecule has 0 saturated carbocycles. The summed E-state index contributed by atoms with van der Waals surface area (Å²) in [5, 5.41) is 0.816. The Morgan fingerprint density at radius 2 is 2.06 bits per heavy atom. The Bertz CT molecular complexity index is 448. The van der Waals surface area contributed by atoms with Crippen LogP contribution in [0.5, 0.6) is 0 Å². The highest BCUT2D eigenvalue weighted by Gasteiger charge is 2.20. The van der Waals surface area contributed by atoms with E-state index in [-0.39, 0.29) is 17.1 Å². The maximum atomic E-state index is 12.5. The Labute approximate surface area is 117 Å². The van der Waals surface area contributed by atoms with Crippen LogP contribution in [0.15, 0.2) is 17.2 Å². The number of hydrogen-bond acceptors (Lipinski definition) is 3. The molecule has 0 aliphatic carbocycles. The Kier molecular flexibility index (Phi) is 4.96. The predicted molar refractivity (Wildman–Crippen MR) is 79.8 cm³/mol. The maximum absolute atomic E-state index is 12.5. The number of anilines is 1. The van der Waals surface area contributed by atoms with Gasteiger partial charge in [-0.15, -0.1) is 0 Å². The molecule has 0 unspecified atom stereocenters. The molecule has 0 spiro atoms. The van der Waals surface area contributed by atoms with Crippen LogP contribution in [-0.4, -0.2) is 27.5 Å². The van der Waals surface area contributed by atoms with Gasteiger partial charge in [0.25, 0.3) is 5.56 Å². The summed E-state index contributed by atoms with van der Waals surface area (Å²) in [6, 6.07) is 0.249. The van der Waals surface area contributed by atoms with E-state index in [1.54, 1.807) is 17.0 Å². The highest BCUT2D eigenvalue weighted by atomic mass is 79.9. The zero-order valence-electron chi connectivity index (χ0n) is 11.8. The van der Waals surface area contributed by atoms with Crippen molar-refractivity contribution in [2.75, 3.05) is 16.8 Å². The Morgan fingerprint density at radius 1 is 1.44 bits per heavy atom. The van der Waals surface area contributed by atoms with Crippen molar-refractivity contribution in [3.05, 3.63) is 22.7 Å². The van der Waals surface area contributed by atoms with Crippen molar-refractivity contribution >= 4 is 21.7 Å². The second-order valence-corrected chi connectivity index (χ2v) is 6.37. The number of nitrogens with zero attached hydrogens (tertiary/aromatic N) is 3. The molecule has 1 heterocycles. The summed E-state index contributed by atoms with van der Waals surface area (Å²) in [6.07, 6.45) is 3.45. The molecule has 0 aliphatic heterocycles. The first kappa shape index (κ1) is 15.2. The number of aromatic nitrogens is 2. The van der Waals surface area contributed by atoms with Gasteiger partial charge in [0.2, 0.25) is 0 Å². The summed E-state index contributed by atoms with van der Waals surface area (Å²) in [5.74, 6) is 0.530. The monoisotopic (exact) mass is 315 g/mol. The van der Waals surface area contributed by atoms with Gasteiger partial charge in [0.1, 0.15) is 0 Å². The molecular weight excluding hydrogens is 294 g/mol. The third-order valence-electron chi connectivity index (χ3n) is 2.77. The molecule has 0 saturated heterocycles. The summed E-state index contributed by atoms with van der Waals surface area (Å²) in [5.41, 5.74) is -0.258. The van der Waals surface area contributed by atoms with Crippen LogP contribution in [-0.2, 0) is 5.54 Å². The normalized spacial score (nSPS) is 11.9. The highest BCUT2D eigenvalue weighted by Crippen LogP contribution is 2.14. The van der Waals surface area contributed by atoms with Crippen LogP contribution in [0.4, 0.5) is 5.82 Å². The molecule has 0 radical (unpaired) electrons. The van der Waals surface area contributed by atoms with E-state index in [4.69, 9.17) is 0 Å². The van der Waals surface area contributed by atoms with E-state index in [1.807, 2.05) is 25.7 Å². The molecule has 0 bridgehead atoms. The summed E-state index contributed by atoms with van der Waals surface area (Å²) in [7, 11) is 0. The lowest BCUT2D eigenvalue weighted by atomic mass is 10.1. The van der Waals surface area contributed by atoms with Gasteiger partial charge in [0.15, 0.2) is 5.82 Å². The first-order valence-corrected chi connectivity index (χ1v) is 7.32. The fourth-order valence-corrected chi connectivity index (χ4v) is 2.21. The Hall–Kier alpha value is -0.840. The summed E-state index contributed by atoms with van der Waals surface area (Å²) in [4.78, 5) is 18.8. The smallest absolute Gasteiger partial charge is 0.293 e. The molecular formula is C13H22BrN3O. The van der Waals surface area contributed by atoms with Gasteiger partial charge < -0.3 is 9.47 Å². The summed E-state index contributed by atoms with van der Waals surface area (Å²) >= 11 is 3.42. The standard InChI is InChI=1S/C13H22BrN3O/c1-10(2)16(8-6-14)11-12(18)17(9-7-15-11)13(3,4)5/h7,9-10H,6,8H2,1-5H3. The Morgan fingerprint density at radius 3 is 2.50 bits per heavy atom. The topological polar surface area (TPSA) is 38.1 Å². The second kappa shape index (κ2) is 5.87. The van der Waals surface area contributed by atoms with Crippen LogP contribution >= 0.6 is 15.9 Å². The minimum Gasteiger partial charge on any atom is -0.349 e. The van der Waals surface area contributed by atoms with Crippen molar-refractivity contribution in [1.82, 2.24) is 9.55 Å². The SMILES string of the molecule is CC(C)N(CCBr)c1nccn(C(C)(C)C)c1=O. The van der Waals surface area contributed by atoms with Crippen molar-refractivity contribution in [2.45, 2.75) is 46.2 Å². The Balaban J connectivity index is 3.29. The molecule has 0 atom stereocenters. The number of rotatable bonds is 4. The minimum absolute atomic E-state index is 0.0281. The van der Waals surface area contributed by atoms with Gasteiger partial charge in [-0.25, -0.2) is 4.98 Å². The minimum atomic E-state index is -0.230. The van der Waals surface area contributed by atoms with Crippen LogP contribution < -0.4 is 10.5 Å². The molecule has 0 N–H and O–H groups in total. The largest absolute Gasteiger partial charge is 0.349 e. The van der Waals surface area contributed by atoms with Gasteiger partial charge in [-0.2, -0.15) is 0 Å². The van der Waals surface area contributed by atoms with E-state index in [0.29, 0.717) is 5.82 Å². The van der Waals surface area contributed by atoms with E-state index in [0.717, 1.165) is 11.9 Å². The average molecular weight is 316 g/mol. The van der Waals surface area contributed by atoms with Crippen LogP contribution in [0, 0.1) is 0 Å². The molecule has 4 nitrogen and oxygen atoms in total. The first-order valence-electron chi connectivity index (χ1n) is 6.19. The van der Waals surface area contributed by atoms with Crippen LogP contribution in [0.3, 0.4) is 0 Å². The molecule has 18 heavy (non-hydrogen) atoms. The van der Waals surface area contributed by atoms with Crippen molar-refractivity contribution in [1.29, 1.82) is 0 Å². The number of alkyl halides is 1. The molecule has 0 amide bonds. The van der Waals surface area contributed by atoms with Crippen molar-refractivity contribution < 1.29 is 0 Å². The van der Waals surface area contributed by atoms with Crippen molar-refractivity contribution in [3.8, 4) is 0 Å². The van der Waals surface area contributed by atoms with E-state index in [1.165, 1.54) is 0 Å². The first-order chi connectivity index (χ1) is 8.29. The van der Waals surface area contributed by atoms with Crippen molar-refractivity contribution in [3.63, 3.8) is 0 Å². The summed E-state index contributed by atoms with van der Waals surface area (Å²) < 4.78 is 1.74. The molecule has 1 rings (SSSR count). The van der Waals surface area contributed by atoms with Gasteiger partial charge in [-0.05, 0) is 34.6 Å². The zero-order chi connectivity index (χ0) is 13.9. The lowest BCUT2D eigenvalue weighted by molar-refractivity contribution is 0.382. The third kappa shape index (κ3) is 3.34.